The largest absolute Gasteiger partial charge is 0.455 e. The second-order valence-corrected chi connectivity index (χ2v) is 19.0. The molecule has 0 spiro atoms. The Morgan fingerprint density at radius 3 is 1.65 bits per heavy atom. The fraction of sp³-hybridized carbons (Fsp3) is 0.0615. The Labute approximate surface area is 395 Å². The van der Waals surface area contributed by atoms with E-state index < -0.39 is 5.41 Å². The Balaban J connectivity index is 0.986. The Morgan fingerprint density at radius 2 is 0.926 bits per heavy atom. The number of aromatic nitrogens is 1. The average molecular weight is 869 g/mol. The first kappa shape index (κ1) is 38.7. The van der Waals surface area contributed by atoms with Gasteiger partial charge in [-0.2, -0.15) is 0 Å². The van der Waals surface area contributed by atoms with E-state index >= 15 is 0 Å². The maximum absolute atomic E-state index is 6.67. The predicted octanol–water partition coefficient (Wildman–Crippen LogP) is 17.1. The Bertz CT molecular complexity index is 3960. The van der Waals surface area contributed by atoms with Crippen LogP contribution in [0.1, 0.15) is 47.2 Å². The van der Waals surface area contributed by atoms with E-state index in [1.54, 1.807) is 0 Å². The molecule has 0 saturated heterocycles. The van der Waals surface area contributed by atoms with Crippen LogP contribution >= 0.6 is 0 Å². The molecule has 10 aromatic carbocycles. The molecule has 2 heterocycles. The van der Waals surface area contributed by atoms with Crippen LogP contribution in [0.25, 0.3) is 77.1 Å². The van der Waals surface area contributed by atoms with Crippen LogP contribution in [0.5, 0.6) is 0 Å². The smallest absolute Gasteiger partial charge is 0.144 e. The molecule has 0 amide bonds. The summed E-state index contributed by atoms with van der Waals surface area (Å²) in [5, 5.41) is 5.47. The lowest BCUT2D eigenvalue weighted by atomic mass is 9.67. The lowest BCUT2D eigenvalue weighted by molar-refractivity contribution is 0.660. The number of benzene rings is 10. The highest BCUT2D eigenvalue weighted by Gasteiger charge is 2.46. The molecule has 0 aliphatic heterocycles. The van der Waals surface area contributed by atoms with E-state index in [-0.39, 0.29) is 5.41 Å². The second-order valence-electron chi connectivity index (χ2n) is 19.0. The number of fused-ring (bicyclic) bond motifs is 13. The van der Waals surface area contributed by atoms with Crippen molar-refractivity contribution in [1.29, 1.82) is 0 Å². The van der Waals surface area contributed by atoms with Crippen molar-refractivity contribution in [3.05, 3.63) is 264 Å². The highest BCUT2D eigenvalue weighted by atomic mass is 16.3. The zero-order valence-corrected chi connectivity index (χ0v) is 37.7. The van der Waals surface area contributed by atoms with E-state index in [1.807, 2.05) is 6.07 Å². The number of pyridine rings is 1. The van der Waals surface area contributed by atoms with Crippen molar-refractivity contribution in [1.82, 2.24) is 4.98 Å². The first-order chi connectivity index (χ1) is 33.5. The van der Waals surface area contributed by atoms with Gasteiger partial charge in [-0.1, -0.05) is 190 Å². The monoisotopic (exact) mass is 868 g/mol. The molecule has 14 rings (SSSR count). The molecule has 0 atom stereocenters. The van der Waals surface area contributed by atoms with Crippen LogP contribution in [0.15, 0.2) is 235 Å². The SMILES string of the molecule is CC1(C)c2ccccc2-c2ccc(N(c3ccc(-c4nc5ccccc5c5c4ccc4c6ccccc6oc45)cc3)c3ccc4c(c3)C(c3ccccc3)(c3ccccc3)c3ccccc3-4)cc21. The van der Waals surface area contributed by atoms with Crippen LogP contribution in [0, 0.1) is 0 Å². The van der Waals surface area contributed by atoms with Gasteiger partial charge in [0.15, 0.2) is 0 Å². The molecule has 320 valence electrons. The summed E-state index contributed by atoms with van der Waals surface area (Å²) in [4.78, 5) is 7.83. The summed E-state index contributed by atoms with van der Waals surface area (Å²) >= 11 is 0. The van der Waals surface area contributed by atoms with Crippen molar-refractivity contribution in [3.8, 4) is 33.5 Å². The van der Waals surface area contributed by atoms with Crippen molar-refractivity contribution in [3.63, 3.8) is 0 Å². The van der Waals surface area contributed by atoms with Crippen molar-refractivity contribution in [2.75, 3.05) is 4.90 Å². The fourth-order valence-corrected chi connectivity index (χ4v) is 12.1. The molecule has 68 heavy (non-hydrogen) atoms. The Morgan fingerprint density at radius 1 is 0.397 bits per heavy atom. The number of hydrogen-bond donors (Lipinski definition) is 0. The van der Waals surface area contributed by atoms with E-state index in [9.17, 15) is 0 Å². The summed E-state index contributed by atoms with van der Waals surface area (Å²) in [6, 6.07) is 84.5. The van der Waals surface area contributed by atoms with Gasteiger partial charge in [-0.25, -0.2) is 4.98 Å². The molecule has 0 radical (unpaired) electrons. The van der Waals surface area contributed by atoms with E-state index in [2.05, 4.69) is 243 Å². The van der Waals surface area contributed by atoms with Crippen LogP contribution in [-0.2, 0) is 10.8 Å². The van der Waals surface area contributed by atoms with Gasteiger partial charge >= 0.3 is 0 Å². The van der Waals surface area contributed by atoms with Gasteiger partial charge in [0.05, 0.1) is 16.6 Å². The lowest BCUT2D eigenvalue weighted by Gasteiger charge is -2.35. The van der Waals surface area contributed by atoms with E-state index in [0.717, 1.165) is 71.9 Å². The van der Waals surface area contributed by atoms with Gasteiger partial charge in [-0.05, 0) is 110 Å². The topological polar surface area (TPSA) is 29.3 Å². The number of para-hydroxylation sites is 2. The molecule has 0 N–H and O–H groups in total. The molecular weight excluding hydrogens is 825 g/mol. The summed E-state index contributed by atoms with van der Waals surface area (Å²) in [6.45, 7) is 4.72. The predicted molar refractivity (Wildman–Crippen MR) is 282 cm³/mol. The average Bonchev–Trinajstić information content (AvgIpc) is 4.00. The third-order valence-electron chi connectivity index (χ3n) is 15.1. The van der Waals surface area contributed by atoms with Crippen LogP contribution in [0.4, 0.5) is 17.1 Å². The van der Waals surface area contributed by atoms with E-state index in [4.69, 9.17) is 9.40 Å². The molecule has 12 aromatic rings. The Kier molecular flexibility index (Phi) is 8.25. The minimum Gasteiger partial charge on any atom is -0.455 e. The van der Waals surface area contributed by atoms with Crippen molar-refractivity contribution >= 4 is 60.7 Å². The molecule has 2 aliphatic carbocycles. The lowest BCUT2D eigenvalue weighted by Crippen LogP contribution is -2.28. The van der Waals surface area contributed by atoms with Crippen LogP contribution in [0.3, 0.4) is 0 Å². The molecule has 0 fully saturated rings. The second kappa shape index (κ2) is 14.5. The van der Waals surface area contributed by atoms with Crippen LogP contribution in [0.2, 0.25) is 0 Å². The fourth-order valence-electron chi connectivity index (χ4n) is 12.1. The van der Waals surface area contributed by atoms with Gasteiger partial charge in [0.25, 0.3) is 0 Å². The number of furan rings is 1. The van der Waals surface area contributed by atoms with Crippen LogP contribution in [-0.4, -0.2) is 4.98 Å². The van der Waals surface area contributed by atoms with Crippen molar-refractivity contribution in [2.45, 2.75) is 24.7 Å². The first-order valence-corrected chi connectivity index (χ1v) is 23.6. The van der Waals surface area contributed by atoms with E-state index in [0.29, 0.717) is 0 Å². The van der Waals surface area contributed by atoms with Gasteiger partial charge < -0.3 is 9.32 Å². The van der Waals surface area contributed by atoms with Gasteiger partial charge in [0.2, 0.25) is 0 Å². The van der Waals surface area contributed by atoms with Gasteiger partial charge in [0, 0.05) is 55.0 Å². The van der Waals surface area contributed by atoms with Crippen molar-refractivity contribution < 1.29 is 4.42 Å². The quantitative estimate of drug-likeness (QED) is 0.156. The summed E-state index contributed by atoms with van der Waals surface area (Å²) in [7, 11) is 0. The molecular formula is C65H44N2O. The molecule has 3 nitrogen and oxygen atoms in total. The number of hydrogen-bond acceptors (Lipinski definition) is 3. The maximum atomic E-state index is 6.67. The third kappa shape index (κ3) is 5.39. The summed E-state index contributed by atoms with van der Waals surface area (Å²) in [6.07, 6.45) is 0. The maximum Gasteiger partial charge on any atom is 0.144 e. The van der Waals surface area contributed by atoms with Gasteiger partial charge in [-0.3, -0.25) is 0 Å². The summed E-state index contributed by atoms with van der Waals surface area (Å²) < 4.78 is 6.67. The zero-order chi connectivity index (χ0) is 45.1. The van der Waals surface area contributed by atoms with Crippen LogP contribution < -0.4 is 4.90 Å². The number of rotatable bonds is 6. The zero-order valence-electron chi connectivity index (χ0n) is 37.7. The first-order valence-electron chi connectivity index (χ1n) is 23.6. The number of nitrogens with zero attached hydrogens (tertiary/aromatic N) is 2. The molecule has 0 unspecified atom stereocenters. The molecule has 2 aromatic heterocycles. The minimum atomic E-state index is -0.532. The highest BCUT2D eigenvalue weighted by Crippen LogP contribution is 2.58. The summed E-state index contributed by atoms with van der Waals surface area (Å²) in [5.74, 6) is 0. The molecule has 3 heteroatoms. The van der Waals surface area contributed by atoms with Crippen molar-refractivity contribution in [2.24, 2.45) is 0 Å². The van der Waals surface area contributed by atoms with Gasteiger partial charge in [0.1, 0.15) is 11.2 Å². The number of anilines is 3. The third-order valence-corrected chi connectivity index (χ3v) is 15.1. The normalized spacial score (nSPS) is 14.0. The standard InChI is InChI=1S/C65H44N2O/c1-64(2)55-25-13-9-21-47(55)49-35-33-45(39-57(49)64)67(46-34-36-50-48-22-10-14-26-56(48)65(58(50)40-46,42-17-5-3-6-18-42)43-19-7-4-8-20-43)44-31-29-41(30-32-44)62-54-38-37-52-51-23-12-16-28-60(51)68-63(52)61(54)53-24-11-15-27-59(53)66-62/h3-40H,1-2H3. The molecule has 0 bridgehead atoms. The molecule has 2 aliphatic rings. The highest BCUT2D eigenvalue weighted by molar-refractivity contribution is 6.24. The van der Waals surface area contributed by atoms with E-state index in [1.165, 1.54) is 55.6 Å². The minimum absolute atomic E-state index is 0.166. The molecule has 0 saturated carbocycles. The summed E-state index contributed by atoms with van der Waals surface area (Å²) in [5.41, 5.74) is 20.2. The van der Waals surface area contributed by atoms with Gasteiger partial charge in [-0.15, -0.1) is 0 Å². The Hall–Kier alpha value is -8.53.